The number of likely N-dealkylation sites (tertiary alicyclic amines) is 1. The summed E-state index contributed by atoms with van der Waals surface area (Å²) in [5, 5.41) is 8.82. The van der Waals surface area contributed by atoms with E-state index in [4.69, 9.17) is 5.11 Å². The predicted molar refractivity (Wildman–Crippen MR) is 63.0 cm³/mol. The van der Waals surface area contributed by atoms with E-state index in [1.54, 1.807) is 0 Å². The van der Waals surface area contributed by atoms with Gasteiger partial charge in [-0.2, -0.15) is 13.2 Å². The monoisotopic (exact) mass is 273 g/mol. The molecule has 0 spiro atoms. The molecule has 0 atom stereocenters. The van der Waals surface area contributed by atoms with Crippen molar-refractivity contribution in [1.82, 2.24) is 4.90 Å². The van der Waals surface area contributed by atoms with Crippen LogP contribution in [0.4, 0.5) is 18.0 Å². The van der Waals surface area contributed by atoms with Crippen molar-refractivity contribution in [2.45, 2.75) is 24.9 Å². The van der Waals surface area contributed by atoms with Gasteiger partial charge in [0.05, 0.1) is 5.56 Å². The molecule has 0 bridgehead atoms. The highest BCUT2D eigenvalue weighted by molar-refractivity contribution is 5.65. The molecule has 3 nitrogen and oxygen atoms in total. The van der Waals surface area contributed by atoms with Crippen LogP contribution in [0, 0.1) is 0 Å². The summed E-state index contributed by atoms with van der Waals surface area (Å²) in [6.45, 7) is 0.863. The van der Waals surface area contributed by atoms with Crippen molar-refractivity contribution < 1.29 is 23.1 Å². The van der Waals surface area contributed by atoms with Gasteiger partial charge in [0.15, 0.2) is 0 Å². The van der Waals surface area contributed by atoms with E-state index in [1.165, 1.54) is 17.0 Å². The number of benzene rings is 1. The Bertz CT molecular complexity index is 448. The second-order valence-electron chi connectivity index (χ2n) is 4.66. The van der Waals surface area contributed by atoms with Crippen LogP contribution in [-0.2, 0) is 6.18 Å². The molecule has 1 aromatic carbocycles. The molecule has 0 unspecified atom stereocenters. The summed E-state index contributed by atoms with van der Waals surface area (Å²) in [4.78, 5) is 12.1. The fraction of sp³-hybridized carbons (Fsp3) is 0.462. The van der Waals surface area contributed by atoms with Crippen LogP contribution in [0.1, 0.15) is 29.9 Å². The minimum absolute atomic E-state index is 0.137. The highest BCUT2D eigenvalue weighted by atomic mass is 19.4. The standard InChI is InChI=1S/C13H14F3NO2/c14-13(15,16)11-3-1-9(2-4-11)10-5-7-17(8-6-10)12(18)19/h1-4,10H,5-8H2,(H,18,19). The van der Waals surface area contributed by atoms with Gasteiger partial charge >= 0.3 is 12.3 Å². The van der Waals surface area contributed by atoms with Crippen molar-refractivity contribution in [2.24, 2.45) is 0 Å². The van der Waals surface area contributed by atoms with E-state index in [2.05, 4.69) is 0 Å². The molecule has 1 N–H and O–H groups in total. The maximum absolute atomic E-state index is 12.4. The third kappa shape index (κ3) is 3.19. The molecular formula is C13H14F3NO2. The number of carbonyl (C=O) groups is 1. The van der Waals surface area contributed by atoms with Gasteiger partial charge in [-0.25, -0.2) is 4.79 Å². The molecule has 0 aliphatic carbocycles. The molecule has 0 saturated carbocycles. The second kappa shape index (κ2) is 5.11. The van der Waals surface area contributed by atoms with Crippen LogP contribution in [0.2, 0.25) is 0 Å². The number of alkyl halides is 3. The molecule has 1 aliphatic rings. The van der Waals surface area contributed by atoms with E-state index in [0.29, 0.717) is 25.9 Å². The molecule has 0 aromatic heterocycles. The molecule has 1 heterocycles. The molecule has 19 heavy (non-hydrogen) atoms. The minimum Gasteiger partial charge on any atom is -0.465 e. The predicted octanol–water partition coefficient (Wildman–Crippen LogP) is 3.56. The van der Waals surface area contributed by atoms with E-state index < -0.39 is 17.8 Å². The average molecular weight is 273 g/mol. The summed E-state index contributed by atoms with van der Waals surface area (Å²) in [7, 11) is 0. The summed E-state index contributed by atoms with van der Waals surface area (Å²) < 4.78 is 37.3. The van der Waals surface area contributed by atoms with Crippen molar-refractivity contribution in [3.05, 3.63) is 35.4 Å². The first-order chi connectivity index (χ1) is 8.88. The number of amides is 1. The molecular weight excluding hydrogens is 259 g/mol. The summed E-state index contributed by atoms with van der Waals surface area (Å²) in [6.07, 6.45) is -3.95. The number of nitrogens with zero attached hydrogens (tertiary/aromatic N) is 1. The van der Waals surface area contributed by atoms with Crippen LogP contribution < -0.4 is 0 Å². The Morgan fingerprint density at radius 1 is 1.16 bits per heavy atom. The Labute approximate surface area is 108 Å². The number of piperidine rings is 1. The number of hydrogen-bond donors (Lipinski definition) is 1. The Morgan fingerprint density at radius 2 is 1.68 bits per heavy atom. The maximum Gasteiger partial charge on any atom is 0.416 e. The van der Waals surface area contributed by atoms with Crippen molar-refractivity contribution in [3.63, 3.8) is 0 Å². The number of hydrogen-bond acceptors (Lipinski definition) is 1. The van der Waals surface area contributed by atoms with Gasteiger partial charge in [-0.1, -0.05) is 12.1 Å². The molecule has 104 valence electrons. The van der Waals surface area contributed by atoms with Crippen molar-refractivity contribution >= 4 is 6.09 Å². The Balaban J connectivity index is 2.02. The Kier molecular flexibility index (Phi) is 3.68. The van der Waals surface area contributed by atoms with Gasteiger partial charge in [-0.15, -0.1) is 0 Å². The molecule has 2 rings (SSSR count). The Morgan fingerprint density at radius 3 is 2.11 bits per heavy atom. The van der Waals surface area contributed by atoms with Gasteiger partial charge < -0.3 is 10.0 Å². The lowest BCUT2D eigenvalue weighted by Gasteiger charge is -2.30. The number of rotatable bonds is 1. The van der Waals surface area contributed by atoms with Crippen LogP contribution >= 0.6 is 0 Å². The maximum atomic E-state index is 12.4. The van der Waals surface area contributed by atoms with Gasteiger partial charge in [0.1, 0.15) is 0 Å². The number of halogens is 3. The molecule has 1 fully saturated rings. The van der Waals surface area contributed by atoms with Crippen LogP contribution in [0.25, 0.3) is 0 Å². The van der Waals surface area contributed by atoms with Crippen molar-refractivity contribution in [1.29, 1.82) is 0 Å². The molecule has 0 radical (unpaired) electrons. The molecule has 1 saturated heterocycles. The third-order valence-corrected chi connectivity index (χ3v) is 3.47. The van der Waals surface area contributed by atoms with Crippen molar-refractivity contribution in [3.8, 4) is 0 Å². The van der Waals surface area contributed by atoms with E-state index in [0.717, 1.165) is 17.7 Å². The number of carboxylic acid groups (broad SMARTS) is 1. The summed E-state index contributed by atoms with van der Waals surface area (Å²) in [5.74, 6) is 0.137. The lowest BCUT2D eigenvalue weighted by Crippen LogP contribution is -2.36. The quantitative estimate of drug-likeness (QED) is 0.849. The zero-order valence-corrected chi connectivity index (χ0v) is 10.2. The highest BCUT2D eigenvalue weighted by Gasteiger charge is 2.30. The van der Waals surface area contributed by atoms with Crippen LogP contribution in [0.5, 0.6) is 0 Å². The summed E-state index contributed by atoms with van der Waals surface area (Å²) in [5.41, 5.74) is 0.192. The molecule has 6 heteroatoms. The van der Waals surface area contributed by atoms with Gasteiger partial charge in [0.2, 0.25) is 0 Å². The SMILES string of the molecule is O=C(O)N1CCC(c2ccc(C(F)(F)F)cc2)CC1. The zero-order valence-electron chi connectivity index (χ0n) is 10.2. The minimum atomic E-state index is -4.31. The highest BCUT2D eigenvalue weighted by Crippen LogP contribution is 2.32. The Hall–Kier alpha value is -1.72. The summed E-state index contributed by atoms with van der Waals surface area (Å²) in [6, 6.07) is 5.14. The smallest absolute Gasteiger partial charge is 0.416 e. The van der Waals surface area contributed by atoms with Gasteiger partial charge in [-0.3, -0.25) is 0 Å². The normalized spacial score (nSPS) is 17.5. The fourth-order valence-electron chi connectivity index (χ4n) is 2.35. The van der Waals surface area contributed by atoms with E-state index in [1.807, 2.05) is 0 Å². The van der Waals surface area contributed by atoms with Gasteiger partial charge in [0.25, 0.3) is 0 Å². The van der Waals surface area contributed by atoms with Crippen LogP contribution in [-0.4, -0.2) is 29.2 Å². The average Bonchev–Trinajstić information content (AvgIpc) is 2.38. The first kappa shape index (κ1) is 13.7. The first-order valence-electron chi connectivity index (χ1n) is 6.03. The zero-order chi connectivity index (χ0) is 14.0. The molecule has 1 aliphatic heterocycles. The van der Waals surface area contributed by atoms with Crippen LogP contribution in [0.15, 0.2) is 24.3 Å². The van der Waals surface area contributed by atoms with E-state index in [-0.39, 0.29) is 5.92 Å². The molecule has 1 aromatic rings. The van der Waals surface area contributed by atoms with E-state index >= 15 is 0 Å². The third-order valence-electron chi connectivity index (χ3n) is 3.47. The summed E-state index contributed by atoms with van der Waals surface area (Å²) >= 11 is 0. The van der Waals surface area contributed by atoms with Gasteiger partial charge in [0, 0.05) is 13.1 Å². The first-order valence-corrected chi connectivity index (χ1v) is 6.03. The second-order valence-corrected chi connectivity index (χ2v) is 4.66. The van der Waals surface area contributed by atoms with Gasteiger partial charge in [-0.05, 0) is 36.5 Å². The lowest BCUT2D eigenvalue weighted by molar-refractivity contribution is -0.137. The molecule has 1 amide bonds. The van der Waals surface area contributed by atoms with Crippen molar-refractivity contribution in [2.75, 3.05) is 13.1 Å². The lowest BCUT2D eigenvalue weighted by atomic mass is 9.89. The van der Waals surface area contributed by atoms with E-state index in [9.17, 15) is 18.0 Å². The van der Waals surface area contributed by atoms with Crippen LogP contribution in [0.3, 0.4) is 0 Å². The largest absolute Gasteiger partial charge is 0.465 e. The fourth-order valence-corrected chi connectivity index (χ4v) is 2.35. The topological polar surface area (TPSA) is 40.5 Å².